The first-order chi connectivity index (χ1) is 8.52. The van der Waals surface area contributed by atoms with Crippen LogP contribution in [-0.2, 0) is 4.79 Å². The predicted octanol–water partition coefficient (Wildman–Crippen LogP) is 0.927. The second kappa shape index (κ2) is 6.80. The first kappa shape index (κ1) is 14.2. The number of carbonyl (C=O) groups is 2. The molecule has 0 aromatic heterocycles. The zero-order valence-electron chi connectivity index (χ0n) is 9.42. The molecule has 98 valence electrons. The highest BCUT2D eigenvalue weighted by Crippen LogP contribution is 2.21. The fraction of sp³-hybridized carbons (Fsp3) is 0.200. The summed E-state index contributed by atoms with van der Waals surface area (Å²) in [6, 6.07) is 3.62. The number of benzene rings is 1. The van der Waals surface area contributed by atoms with Crippen LogP contribution in [0.3, 0.4) is 0 Å². The highest BCUT2D eigenvalue weighted by Gasteiger charge is 2.07. The summed E-state index contributed by atoms with van der Waals surface area (Å²) in [5.74, 6) is -1.24. The van der Waals surface area contributed by atoms with E-state index in [4.69, 9.17) is 4.74 Å². The van der Waals surface area contributed by atoms with E-state index >= 15 is 0 Å². The molecule has 0 fully saturated rings. The van der Waals surface area contributed by atoms with Gasteiger partial charge in [-0.3, -0.25) is 10.2 Å². The summed E-state index contributed by atoms with van der Waals surface area (Å²) in [6.07, 6.45) is 0. The van der Waals surface area contributed by atoms with Gasteiger partial charge in [0.05, 0.1) is 0 Å². The van der Waals surface area contributed by atoms with Crippen LogP contribution in [0.15, 0.2) is 22.7 Å². The number of rotatable bonds is 3. The van der Waals surface area contributed by atoms with Crippen LogP contribution >= 0.6 is 15.9 Å². The maximum atomic E-state index is 13.3. The molecule has 0 saturated heterocycles. The van der Waals surface area contributed by atoms with Crippen LogP contribution in [0.2, 0.25) is 0 Å². The molecule has 18 heavy (non-hydrogen) atoms. The van der Waals surface area contributed by atoms with E-state index in [1.54, 1.807) is 6.07 Å². The highest BCUT2D eigenvalue weighted by molar-refractivity contribution is 9.10. The van der Waals surface area contributed by atoms with E-state index in [1.165, 1.54) is 19.2 Å². The normalized spacial score (nSPS) is 9.50. The molecule has 1 aromatic carbocycles. The van der Waals surface area contributed by atoms with Crippen LogP contribution < -0.4 is 20.9 Å². The van der Waals surface area contributed by atoms with Gasteiger partial charge in [-0.15, -0.1) is 0 Å². The lowest BCUT2D eigenvalue weighted by Gasteiger charge is -2.08. The quantitative estimate of drug-likeness (QED) is 0.725. The first-order valence-electron chi connectivity index (χ1n) is 4.87. The SMILES string of the molecule is CNC(=O)NNC(=O)COc1ccc(Br)cc1F. The molecule has 1 aromatic rings. The maximum Gasteiger partial charge on any atom is 0.333 e. The van der Waals surface area contributed by atoms with Gasteiger partial charge < -0.3 is 10.1 Å². The average Bonchev–Trinajstić information content (AvgIpc) is 2.34. The van der Waals surface area contributed by atoms with Crippen molar-refractivity contribution in [3.8, 4) is 5.75 Å². The minimum absolute atomic E-state index is 0.0479. The molecule has 0 spiro atoms. The molecule has 0 aliphatic carbocycles. The number of urea groups is 1. The fourth-order valence-corrected chi connectivity index (χ4v) is 1.29. The molecular weight excluding hydrogens is 309 g/mol. The molecule has 8 heteroatoms. The Labute approximate surface area is 111 Å². The molecule has 0 aliphatic rings. The molecule has 0 heterocycles. The number of halogens is 2. The molecular formula is C10H11BrFN3O3. The van der Waals surface area contributed by atoms with E-state index < -0.39 is 24.4 Å². The zero-order chi connectivity index (χ0) is 13.5. The molecule has 0 atom stereocenters. The third kappa shape index (κ3) is 4.58. The Balaban J connectivity index is 2.40. The van der Waals surface area contributed by atoms with E-state index in [0.29, 0.717) is 4.47 Å². The minimum Gasteiger partial charge on any atom is -0.481 e. The third-order valence-electron chi connectivity index (χ3n) is 1.80. The largest absolute Gasteiger partial charge is 0.481 e. The average molecular weight is 320 g/mol. The van der Waals surface area contributed by atoms with Crippen molar-refractivity contribution in [1.82, 2.24) is 16.2 Å². The summed E-state index contributed by atoms with van der Waals surface area (Å²) >= 11 is 3.10. The van der Waals surface area contributed by atoms with Gasteiger partial charge in [0.15, 0.2) is 18.2 Å². The second-order valence-corrected chi connectivity index (χ2v) is 4.03. The van der Waals surface area contributed by atoms with Crippen molar-refractivity contribution in [3.63, 3.8) is 0 Å². The van der Waals surface area contributed by atoms with Crippen molar-refractivity contribution < 1.29 is 18.7 Å². The fourth-order valence-electron chi connectivity index (χ4n) is 0.961. The molecule has 6 nitrogen and oxygen atoms in total. The van der Waals surface area contributed by atoms with Crippen molar-refractivity contribution in [3.05, 3.63) is 28.5 Å². The van der Waals surface area contributed by atoms with E-state index in [1.807, 2.05) is 0 Å². The van der Waals surface area contributed by atoms with Crippen LogP contribution in [-0.4, -0.2) is 25.6 Å². The molecule has 0 radical (unpaired) electrons. The lowest BCUT2D eigenvalue weighted by Crippen LogP contribution is -2.47. The molecule has 0 saturated carbocycles. The smallest absolute Gasteiger partial charge is 0.333 e. The van der Waals surface area contributed by atoms with E-state index in [-0.39, 0.29) is 5.75 Å². The predicted molar refractivity (Wildman–Crippen MR) is 65.3 cm³/mol. The van der Waals surface area contributed by atoms with Gasteiger partial charge >= 0.3 is 6.03 Å². The summed E-state index contributed by atoms with van der Waals surface area (Å²) in [7, 11) is 1.40. The Morgan fingerprint density at radius 1 is 1.39 bits per heavy atom. The Morgan fingerprint density at radius 2 is 2.11 bits per heavy atom. The lowest BCUT2D eigenvalue weighted by atomic mass is 10.3. The van der Waals surface area contributed by atoms with Gasteiger partial charge in [0, 0.05) is 11.5 Å². The van der Waals surface area contributed by atoms with Crippen LogP contribution in [0.5, 0.6) is 5.75 Å². The second-order valence-electron chi connectivity index (χ2n) is 3.12. The molecule has 0 unspecified atom stereocenters. The Morgan fingerprint density at radius 3 is 2.72 bits per heavy atom. The molecule has 0 aliphatic heterocycles. The number of hydrazine groups is 1. The van der Waals surface area contributed by atoms with Crippen molar-refractivity contribution in [1.29, 1.82) is 0 Å². The number of carbonyl (C=O) groups excluding carboxylic acids is 2. The third-order valence-corrected chi connectivity index (χ3v) is 2.29. The molecule has 0 bridgehead atoms. The van der Waals surface area contributed by atoms with Gasteiger partial charge in [0.25, 0.3) is 5.91 Å². The van der Waals surface area contributed by atoms with E-state index in [9.17, 15) is 14.0 Å². The van der Waals surface area contributed by atoms with Crippen molar-refractivity contribution in [2.45, 2.75) is 0 Å². The minimum atomic E-state index is -0.610. The molecule has 3 amide bonds. The topological polar surface area (TPSA) is 79.5 Å². The van der Waals surface area contributed by atoms with E-state index in [2.05, 4.69) is 32.1 Å². The van der Waals surface area contributed by atoms with Gasteiger partial charge in [-0.2, -0.15) is 0 Å². The number of hydrogen-bond donors (Lipinski definition) is 3. The first-order valence-corrected chi connectivity index (χ1v) is 5.66. The van der Waals surface area contributed by atoms with Gasteiger partial charge in [-0.05, 0) is 18.2 Å². The van der Waals surface area contributed by atoms with Crippen LogP contribution in [0.4, 0.5) is 9.18 Å². The highest BCUT2D eigenvalue weighted by atomic mass is 79.9. The zero-order valence-corrected chi connectivity index (χ0v) is 11.0. The Hall–Kier alpha value is -1.83. The van der Waals surface area contributed by atoms with E-state index in [0.717, 1.165) is 0 Å². The summed E-state index contributed by atoms with van der Waals surface area (Å²) in [5, 5.41) is 2.24. The maximum absolute atomic E-state index is 13.3. The van der Waals surface area contributed by atoms with Gasteiger partial charge in [0.1, 0.15) is 0 Å². The number of nitrogens with one attached hydrogen (secondary N) is 3. The van der Waals surface area contributed by atoms with Crippen molar-refractivity contribution >= 4 is 27.9 Å². The summed E-state index contributed by atoms with van der Waals surface area (Å²) in [4.78, 5) is 21.9. The van der Waals surface area contributed by atoms with Crippen LogP contribution in [0, 0.1) is 5.82 Å². The van der Waals surface area contributed by atoms with Gasteiger partial charge in [0.2, 0.25) is 0 Å². The van der Waals surface area contributed by atoms with Gasteiger partial charge in [-0.25, -0.2) is 14.6 Å². The van der Waals surface area contributed by atoms with Crippen LogP contribution in [0.25, 0.3) is 0 Å². The van der Waals surface area contributed by atoms with Crippen molar-refractivity contribution in [2.24, 2.45) is 0 Å². The monoisotopic (exact) mass is 319 g/mol. The standard InChI is InChI=1S/C10H11BrFN3O3/c1-13-10(17)15-14-9(16)5-18-8-3-2-6(11)4-7(8)12/h2-4H,5H2,1H3,(H,14,16)(H2,13,15,17). The molecule has 1 rings (SSSR count). The number of amides is 3. The number of hydrogen-bond acceptors (Lipinski definition) is 3. The Bertz CT molecular complexity index is 456. The van der Waals surface area contributed by atoms with Crippen molar-refractivity contribution in [2.75, 3.05) is 13.7 Å². The summed E-state index contributed by atoms with van der Waals surface area (Å²) in [5.41, 5.74) is 4.14. The molecule has 3 N–H and O–H groups in total. The summed E-state index contributed by atoms with van der Waals surface area (Å²) < 4.78 is 18.8. The summed E-state index contributed by atoms with van der Waals surface area (Å²) in [6.45, 7) is -0.414. The Kier molecular flexibility index (Phi) is 5.37. The van der Waals surface area contributed by atoms with Gasteiger partial charge in [-0.1, -0.05) is 15.9 Å². The lowest BCUT2D eigenvalue weighted by molar-refractivity contribution is -0.123. The van der Waals surface area contributed by atoms with Crippen LogP contribution in [0.1, 0.15) is 0 Å². The number of ether oxygens (including phenoxy) is 1.